The summed E-state index contributed by atoms with van der Waals surface area (Å²) in [5, 5.41) is 3.18. The van der Waals surface area contributed by atoms with E-state index in [2.05, 4.69) is 21.2 Å². The molecular weight excluding hydrogens is 309 g/mol. The maximum absolute atomic E-state index is 13.1. The van der Waals surface area contributed by atoms with Crippen LogP contribution < -0.4 is 5.32 Å². The van der Waals surface area contributed by atoms with Gasteiger partial charge in [0.05, 0.1) is 10.9 Å². The summed E-state index contributed by atoms with van der Waals surface area (Å²) >= 11 is 3.15. The summed E-state index contributed by atoms with van der Waals surface area (Å²) in [7, 11) is 0. The van der Waals surface area contributed by atoms with Crippen LogP contribution in [0.1, 0.15) is 31.2 Å². The highest BCUT2D eigenvalue weighted by Crippen LogP contribution is 2.44. The first kappa shape index (κ1) is 13.1. The summed E-state index contributed by atoms with van der Waals surface area (Å²) in [4.78, 5) is 12.1. The van der Waals surface area contributed by atoms with Gasteiger partial charge in [-0.05, 0) is 71.1 Å². The van der Waals surface area contributed by atoms with E-state index in [-0.39, 0.29) is 11.7 Å². The molecule has 0 unspecified atom stereocenters. The molecule has 1 aromatic carbocycles. The number of rotatable bonds is 5. The number of carbonyl (C=O) groups is 1. The predicted octanol–water partition coefficient (Wildman–Crippen LogP) is 3.44. The minimum absolute atomic E-state index is 0.0577. The maximum Gasteiger partial charge on any atom is 0.224 e. The Morgan fingerprint density at radius 3 is 2.47 bits per heavy atom. The summed E-state index contributed by atoms with van der Waals surface area (Å²) in [6.07, 6.45) is 5.34. The predicted molar refractivity (Wildman–Crippen MR) is 75.2 cm³/mol. The molecule has 2 fully saturated rings. The number of hydrogen-bond donors (Lipinski definition) is 1. The van der Waals surface area contributed by atoms with Crippen molar-refractivity contribution in [2.75, 3.05) is 0 Å². The topological polar surface area (TPSA) is 29.1 Å². The molecule has 3 rings (SSSR count). The van der Waals surface area contributed by atoms with E-state index in [9.17, 15) is 9.18 Å². The van der Waals surface area contributed by atoms with Crippen LogP contribution in [0, 0.1) is 17.7 Å². The molecule has 0 atom stereocenters. The third kappa shape index (κ3) is 3.35. The highest BCUT2D eigenvalue weighted by Gasteiger charge is 2.42. The molecule has 0 bridgehead atoms. The van der Waals surface area contributed by atoms with E-state index in [4.69, 9.17) is 0 Å². The standard InChI is InChI=1S/C15H17BrFNO/c16-12-7-9(1-6-13(12)17)8-14(19)18-15(10-2-3-10)11-4-5-11/h1,6-7,10-11,15H,2-5,8H2,(H,18,19). The first-order valence-electron chi connectivity index (χ1n) is 6.87. The summed E-state index contributed by atoms with van der Waals surface area (Å²) in [5.74, 6) is 1.17. The van der Waals surface area contributed by atoms with Crippen molar-refractivity contribution in [3.63, 3.8) is 0 Å². The lowest BCUT2D eigenvalue weighted by Crippen LogP contribution is -2.38. The van der Waals surface area contributed by atoms with Gasteiger partial charge in [0.25, 0.3) is 0 Å². The normalized spacial score (nSPS) is 18.7. The second-order valence-electron chi connectivity index (χ2n) is 5.69. The van der Waals surface area contributed by atoms with Crippen molar-refractivity contribution in [2.45, 2.75) is 38.1 Å². The van der Waals surface area contributed by atoms with Crippen molar-refractivity contribution < 1.29 is 9.18 Å². The van der Waals surface area contributed by atoms with Gasteiger partial charge in [0, 0.05) is 6.04 Å². The number of carbonyl (C=O) groups excluding carboxylic acids is 1. The Morgan fingerprint density at radius 2 is 1.95 bits per heavy atom. The van der Waals surface area contributed by atoms with Crippen LogP contribution in [0.25, 0.3) is 0 Å². The first-order chi connectivity index (χ1) is 9.13. The van der Waals surface area contributed by atoms with Gasteiger partial charge in [0.1, 0.15) is 5.82 Å². The number of hydrogen-bond acceptors (Lipinski definition) is 1. The third-order valence-electron chi connectivity index (χ3n) is 3.94. The Kier molecular flexibility index (Phi) is 3.61. The van der Waals surface area contributed by atoms with E-state index in [1.807, 2.05) is 0 Å². The fourth-order valence-electron chi connectivity index (χ4n) is 2.60. The van der Waals surface area contributed by atoms with Crippen LogP contribution in [0.3, 0.4) is 0 Å². The van der Waals surface area contributed by atoms with Gasteiger partial charge in [0.2, 0.25) is 5.91 Å². The van der Waals surface area contributed by atoms with Gasteiger partial charge in [-0.3, -0.25) is 4.79 Å². The van der Waals surface area contributed by atoms with E-state index in [0.29, 0.717) is 28.8 Å². The van der Waals surface area contributed by atoms with Crippen LogP contribution in [-0.4, -0.2) is 11.9 Å². The quantitative estimate of drug-likeness (QED) is 0.882. The lowest BCUT2D eigenvalue weighted by Gasteiger charge is -2.17. The van der Waals surface area contributed by atoms with Crippen LogP contribution in [-0.2, 0) is 11.2 Å². The third-order valence-corrected chi connectivity index (χ3v) is 4.54. The molecule has 0 radical (unpaired) electrons. The molecular formula is C15H17BrFNO. The van der Waals surface area contributed by atoms with Crippen molar-refractivity contribution in [1.82, 2.24) is 5.32 Å². The lowest BCUT2D eigenvalue weighted by molar-refractivity contribution is -0.121. The Balaban J connectivity index is 1.59. The van der Waals surface area contributed by atoms with Crippen molar-refractivity contribution in [1.29, 1.82) is 0 Å². The zero-order valence-electron chi connectivity index (χ0n) is 10.7. The van der Waals surface area contributed by atoms with Gasteiger partial charge >= 0.3 is 0 Å². The van der Waals surface area contributed by atoms with E-state index in [0.717, 1.165) is 5.56 Å². The summed E-state index contributed by atoms with van der Waals surface area (Å²) in [5.41, 5.74) is 0.844. The molecule has 0 aliphatic heterocycles. The molecule has 1 N–H and O–H groups in total. The van der Waals surface area contributed by atoms with Gasteiger partial charge in [-0.15, -0.1) is 0 Å². The van der Waals surface area contributed by atoms with E-state index < -0.39 is 0 Å². The van der Waals surface area contributed by atoms with Crippen LogP contribution in [0.4, 0.5) is 4.39 Å². The molecule has 102 valence electrons. The SMILES string of the molecule is O=C(Cc1ccc(F)c(Br)c1)NC(C1CC1)C1CC1. The highest BCUT2D eigenvalue weighted by molar-refractivity contribution is 9.10. The highest BCUT2D eigenvalue weighted by atomic mass is 79.9. The van der Waals surface area contributed by atoms with Crippen LogP contribution >= 0.6 is 15.9 Å². The molecule has 1 aromatic rings. The van der Waals surface area contributed by atoms with Gasteiger partial charge in [-0.1, -0.05) is 6.07 Å². The number of benzene rings is 1. The van der Waals surface area contributed by atoms with Crippen molar-refractivity contribution in [2.24, 2.45) is 11.8 Å². The second-order valence-corrected chi connectivity index (χ2v) is 6.55. The van der Waals surface area contributed by atoms with E-state index in [1.165, 1.54) is 31.7 Å². The van der Waals surface area contributed by atoms with E-state index >= 15 is 0 Å². The first-order valence-corrected chi connectivity index (χ1v) is 7.66. The minimum atomic E-state index is -0.294. The van der Waals surface area contributed by atoms with Crippen molar-refractivity contribution in [3.8, 4) is 0 Å². The monoisotopic (exact) mass is 325 g/mol. The van der Waals surface area contributed by atoms with Crippen LogP contribution in [0.5, 0.6) is 0 Å². The van der Waals surface area contributed by atoms with Gasteiger partial charge in [-0.2, -0.15) is 0 Å². The maximum atomic E-state index is 13.1. The molecule has 0 saturated heterocycles. The Bertz CT molecular complexity index is 485. The Morgan fingerprint density at radius 1 is 1.32 bits per heavy atom. The molecule has 2 saturated carbocycles. The molecule has 0 spiro atoms. The number of halogens is 2. The fraction of sp³-hybridized carbons (Fsp3) is 0.533. The van der Waals surface area contributed by atoms with Crippen molar-refractivity contribution >= 4 is 21.8 Å². The fourth-order valence-corrected chi connectivity index (χ4v) is 3.03. The van der Waals surface area contributed by atoms with Gasteiger partial charge in [-0.25, -0.2) is 4.39 Å². The number of nitrogens with one attached hydrogen (secondary N) is 1. The Hall–Kier alpha value is -0.900. The zero-order valence-corrected chi connectivity index (χ0v) is 12.2. The molecule has 4 heteroatoms. The van der Waals surface area contributed by atoms with Crippen LogP contribution in [0.2, 0.25) is 0 Å². The molecule has 2 aliphatic rings. The molecule has 0 aromatic heterocycles. The second kappa shape index (κ2) is 5.23. The number of amides is 1. The average molecular weight is 326 g/mol. The summed E-state index contributed by atoms with van der Waals surface area (Å²) in [6, 6.07) is 5.13. The average Bonchev–Trinajstić information content (AvgIpc) is 3.25. The lowest BCUT2D eigenvalue weighted by atomic mass is 10.1. The van der Waals surface area contributed by atoms with Crippen LogP contribution in [0.15, 0.2) is 22.7 Å². The smallest absolute Gasteiger partial charge is 0.224 e. The molecule has 2 nitrogen and oxygen atoms in total. The molecule has 0 heterocycles. The molecule has 19 heavy (non-hydrogen) atoms. The zero-order chi connectivity index (χ0) is 13.4. The summed E-state index contributed by atoms with van der Waals surface area (Å²) in [6.45, 7) is 0. The minimum Gasteiger partial charge on any atom is -0.353 e. The van der Waals surface area contributed by atoms with Gasteiger partial charge < -0.3 is 5.32 Å². The molecule has 1 amide bonds. The van der Waals surface area contributed by atoms with Gasteiger partial charge in [0.15, 0.2) is 0 Å². The van der Waals surface area contributed by atoms with Crippen molar-refractivity contribution in [3.05, 3.63) is 34.1 Å². The summed E-state index contributed by atoms with van der Waals surface area (Å²) < 4.78 is 13.5. The Labute approximate surface area is 120 Å². The molecule has 2 aliphatic carbocycles. The largest absolute Gasteiger partial charge is 0.353 e. The van der Waals surface area contributed by atoms with E-state index in [1.54, 1.807) is 12.1 Å².